The van der Waals surface area contributed by atoms with Crippen molar-refractivity contribution in [1.29, 1.82) is 0 Å². The van der Waals surface area contributed by atoms with Crippen LogP contribution in [0.4, 0.5) is 0 Å². The molecule has 7 nitrogen and oxygen atoms in total. The van der Waals surface area contributed by atoms with Crippen LogP contribution in [0.3, 0.4) is 0 Å². The summed E-state index contributed by atoms with van der Waals surface area (Å²) >= 11 is 3.19. The van der Waals surface area contributed by atoms with Crippen LogP contribution in [0.15, 0.2) is 49.6 Å². The van der Waals surface area contributed by atoms with Crippen molar-refractivity contribution in [2.75, 3.05) is 0 Å². The molecule has 0 bridgehead atoms. The highest BCUT2D eigenvalue weighted by atomic mass is 32.2. The summed E-state index contributed by atoms with van der Waals surface area (Å²) in [5, 5.41) is 2.05. The molecular weight excluding hydrogens is 418 g/mol. The van der Waals surface area contributed by atoms with Crippen molar-refractivity contribution in [3.05, 3.63) is 62.4 Å². The van der Waals surface area contributed by atoms with Gasteiger partial charge in [0, 0.05) is 24.0 Å². The first-order valence-electron chi connectivity index (χ1n) is 9.98. The lowest BCUT2D eigenvalue weighted by atomic mass is 10.2. The molecule has 9 heteroatoms. The summed E-state index contributed by atoms with van der Waals surface area (Å²) in [5.41, 5.74) is 2.21. The summed E-state index contributed by atoms with van der Waals surface area (Å²) < 4.78 is 4.42. The van der Waals surface area contributed by atoms with Crippen LogP contribution in [-0.4, -0.2) is 24.1 Å². The van der Waals surface area contributed by atoms with Gasteiger partial charge in [-0.1, -0.05) is 55.4 Å². The summed E-state index contributed by atoms with van der Waals surface area (Å²) in [6.45, 7) is 5.20. The third-order valence-corrected chi connectivity index (χ3v) is 6.91. The van der Waals surface area contributed by atoms with E-state index < -0.39 is 5.69 Å². The number of H-pyrrole nitrogens is 1. The highest BCUT2D eigenvalue weighted by Gasteiger charge is 2.18. The van der Waals surface area contributed by atoms with Crippen LogP contribution in [-0.2, 0) is 18.8 Å². The van der Waals surface area contributed by atoms with Crippen LogP contribution in [0.25, 0.3) is 22.4 Å². The molecule has 1 aromatic carbocycles. The lowest BCUT2D eigenvalue weighted by Crippen LogP contribution is -2.31. The number of benzene rings is 1. The molecule has 30 heavy (non-hydrogen) atoms. The molecule has 0 saturated carbocycles. The Bertz CT molecular complexity index is 1270. The Balaban J connectivity index is 1.65. The van der Waals surface area contributed by atoms with Gasteiger partial charge < -0.3 is 4.57 Å². The average Bonchev–Trinajstić information content (AvgIpc) is 3.37. The standard InChI is InChI=1S/C21H23N5O2S2/c1-3-5-11-26-18-17(19(27)24-20(26)28)25(4-2)16(23-18)13-30-21-22-15(12-29-21)14-9-7-6-8-10-14/h6-10,12H,3-5,11,13H2,1-2H3,(H,24,27,28). The Hall–Kier alpha value is -2.65. The van der Waals surface area contributed by atoms with E-state index >= 15 is 0 Å². The molecule has 0 saturated heterocycles. The lowest BCUT2D eigenvalue weighted by Gasteiger charge is -2.06. The molecule has 0 aliphatic rings. The number of rotatable bonds is 8. The number of nitrogens with one attached hydrogen (secondary N) is 1. The highest BCUT2D eigenvalue weighted by Crippen LogP contribution is 2.30. The quantitative estimate of drug-likeness (QED) is 0.416. The zero-order valence-corrected chi connectivity index (χ0v) is 18.6. The predicted molar refractivity (Wildman–Crippen MR) is 122 cm³/mol. The molecular formula is C21H23N5O2S2. The van der Waals surface area contributed by atoms with Crippen molar-refractivity contribution >= 4 is 34.3 Å². The Morgan fingerprint density at radius 1 is 1.10 bits per heavy atom. The molecule has 3 aromatic heterocycles. The summed E-state index contributed by atoms with van der Waals surface area (Å²) in [6, 6.07) is 10.1. The largest absolute Gasteiger partial charge is 0.330 e. The molecule has 0 unspecified atom stereocenters. The first kappa shape index (κ1) is 20.6. The van der Waals surface area contributed by atoms with Crippen LogP contribution < -0.4 is 11.2 Å². The van der Waals surface area contributed by atoms with Crippen molar-refractivity contribution in [1.82, 2.24) is 24.1 Å². The Morgan fingerprint density at radius 2 is 1.90 bits per heavy atom. The number of thiazole rings is 1. The van der Waals surface area contributed by atoms with Gasteiger partial charge in [-0.15, -0.1) is 11.3 Å². The van der Waals surface area contributed by atoms with E-state index in [1.807, 2.05) is 47.2 Å². The molecule has 0 aliphatic carbocycles. The van der Waals surface area contributed by atoms with E-state index in [1.54, 1.807) is 27.7 Å². The Kier molecular flexibility index (Phi) is 6.19. The molecule has 4 aromatic rings. The maximum Gasteiger partial charge on any atom is 0.330 e. The second-order valence-corrected chi connectivity index (χ2v) is 8.94. The van der Waals surface area contributed by atoms with Crippen molar-refractivity contribution in [2.24, 2.45) is 0 Å². The number of aromatic amines is 1. The predicted octanol–water partition coefficient (Wildman–Crippen LogP) is 4.12. The van der Waals surface area contributed by atoms with Gasteiger partial charge >= 0.3 is 5.69 Å². The van der Waals surface area contributed by atoms with Gasteiger partial charge in [0.1, 0.15) is 5.82 Å². The van der Waals surface area contributed by atoms with Crippen molar-refractivity contribution in [3.8, 4) is 11.3 Å². The second-order valence-electron chi connectivity index (χ2n) is 6.86. The first-order chi connectivity index (χ1) is 14.6. The minimum Gasteiger partial charge on any atom is -0.322 e. The van der Waals surface area contributed by atoms with Gasteiger partial charge in [-0.05, 0) is 13.3 Å². The molecule has 0 spiro atoms. The van der Waals surface area contributed by atoms with Crippen molar-refractivity contribution < 1.29 is 0 Å². The summed E-state index contributed by atoms with van der Waals surface area (Å²) in [4.78, 5) is 36.7. The number of fused-ring (bicyclic) bond motifs is 1. The first-order valence-corrected chi connectivity index (χ1v) is 11.8. The van der Waals surface area contributed by atoms with E-state index in [0.29, 0.717) is 30.0 Å². The fourth-order valence-corrected chi connectivity index (χ4v) is 5.16. The van der Waals surface area contributed by atoms with E-state index in [2.05, 4.69) is 11.9 Å². The number of hydrogen-bond acceptors (Lipinski definition) is 6. The van der Waals surface area contributed by atoms with E-state index in [0.717, 1.165) is 34.3 Å². The van der Waals surface area contributed by atoms with Crippen molar-refractivity contribution in [3.63, 3.8) is 0 Å². The zero-order valence-electron chi connectivity index (χ0n) is 16.9. The van der Waals surface area contributed by atoms with Crippen LogP contribution in [0, 0.1) is 0 Å². The summed E-state index contributed by atoms with van der Waals surface area (Å²) in [5.74, 6) is 1.35. The van der Waals surface area contributed by atoms with Gasteiger partial charge in [0.05, 0.1) is 11.4 Å². The number of aryl methyl sites for hydroxylation is 2. The van der Waals surface area contributed by atoms with Crippen molar-refractivity contribution in [2.45, 2.75) is 49.9 Å². The maximum absolute atomic E-state index is 12.5. The lowest BCUT2D eigenvalue weighted by molar-refractivity contribution is 0.613. The smallest absolute Gasteiger partial charge is 0.322 e. The number of imidazole rings is 1. The monoisotopic (exact) mass is 441 g/mol. The van der Waals surface area contributed by atoms with E-state index in [-0.39, 0.29) is 5.56 Å². The van der Waals surface area contributed by atoms with Crippen LogP contribution in [0.2, 0.25) is 0 Å². The molecule has 0 amide bonds. The zero-order chi connectivity index (χ0) is 21.1. The molecule has 4 rings (SSSR count). The minimum absolute atomic E-state index is 0.381. The van der Waals surface area contributed by atoms with E-state index in [1.165, 1.54) is 0 Å². The number of aromatic nitrogens is 5. The topological polar surface area (TPSA) is 85.6 Å². The highest BCUT2D eigenvalue weighted by molar-refractivity contribution is 8.00. The molecule has 156 valence electrons. The normalized spacial score (nSPS) is 11.4. The van der Waals surface area contributed by atoms with Crippen LogP contribution in [0.1, 0.15) is 32.5 Å². The molecule has 0 atom stereocenters. The summed E-state index contributed by atoms with van der Waals surface area (Å²) in [6.07, 6.45) is 1.81. The Labute approximate surface area is 181 Å². The number of thioether (sulfide) groups is 1. The fraction of sp³-hybridized carbons (Fsp3) is 0.333. The average molecular weight is 442 g/mol. The summed E-state index contributed by atoms with van der Waals surface area (Å²) in [7, 11) is 0. The number of nitrogens with zero attached hydrogens (tertiary/aromatic N) is 4. The van der Waals surface area contributed by atoms with Crippen LogP contribution >= 0.6 is 23.1 Å². The van der Waals surface area contributed by atoms with Gasteiger partial charge in [-0.3, -0.25) is 14.3 Å². The molecule has 0 radical (unpaired) electrons. The van der Waals surface area contributed by atoms with E-state index in [9.17, 15) is 9.59 Å². The minimum atomic E-state index is -0.395. The van der Waals surface area contributed by atoms with E-state index in [4.69, 9.17) is 9.97 Å². The fourth-order valence-electron chi connectivity index (χ4n) is 3.38. The number of unbranched alkanes of at least 4 members (excludes halogenated alkanes) is 1. The second kappa shape index (κ2) is 9.01. The van der Waals surface area contributed by atoms with Gasteiger partial charge in [0.25, 0.3) is 5.56 Å². The van der Waals surface area contributed by atoms with Gasteiger partial charge in [-0.25, -0.2) is 14.8 Å². The molecule has 3 heterocycles. The van der Waals surface area contributed by atoms with Crippen LogP contribution in [0.5, 0.6) is 0 Å². The molecule has 1 N–H and O–H groups in total. The third-order valence-electron chi connectivity index (χ3n) is 4.89. The molecule has 0 aliphatic heterocycles. The number of hydrogen-bond donors (Lipinski definition) is 1. The van der Waals surface area contributed by atoms with Gasteiger partial charge in [0.15, 0.2) is 15.5 Å². The van der Waals surface area contributed by atoms with Gasteiger partial charge in [-0.2, -0.15) is 0 Å². The SMILES string of the molecule is CCCCn1c(=O)[nH]c(=O)c2c1nc(CSc1nc(-c3ccccc3)cs1)n2CC. The van der Waals surface area contributed by atoms with Gasteiger partial charge in [0.2, 0.25) is 0 Å². The third kappa shape index (κ3) is 3.99. The maximum atomic E-state index is 12.5. The Morgan fingerprint density at radius 3 is 2.63 bits per heavy atom. The molecule has 0 fully saturated rings.